The molecule has 0 fully saturated rings. The van der Waals surface area contributed by atoms with E-state index in [1.54, 1.807) is 7.05 Å². The van der Waals surface area contributed by atoms with Crippen molar-refractivity contribution >= 4 is 0 Å². The molecule has 2 heteroatoms. The van der Waals surface area contributed by atoms with Gasteiger partial charge in [0.1, 0.15) is 7.11 Å². The molecule has 0 aromatic rings. The predicted octanol–water partition coefficient (Wildman–Crippen LogP) is -0.194. The first kappa shape index (κ1) is 3.92. The van der Waals surface area contributed by atoms with Gasteiger partial charge in [-0.3, -0.25) is 4.84 Å². The summed E-state index contributed by atoms with van der Waals surface area (Å²) in [4.78, 5) is 3.79. The van der Waals surface area contributed by atoms with Crippen LogP contribution in [0.15, 0.2) is 0 Å². The lowest BCUT2D eigenvalue weighted by molar-refractivity contribution is 0.151. The molecule has 0 unspecified atom stereocenters. The van der Waals surface area contributed by atoms with E-state index in [4.69, 9.17) is 0 Å². The molecule has 0 rings (SSSR count). The summed E-state index contributed by atoms with van der Waals surface area (Å²) < 4.78 is 0. The van der Waals surface area contributed by atoms with Gasteiger partial charge in [0.25, 0.3) is 0 Å². The van der Waals surface area contributed by atoms with Gasteiger partial charge in [-0.05, 0) is 0 Å². The van der Waals surface area contributed by atoms with Crippen molar-refractivity contribution < 1.29 is 4.84 Å². The van der Waals surface area contributed by atoms with Gasteiger partial charge in [0, 0.05) is 7.05 Å². The van der Waals surface area contributed by atoms with E-state index in [0.29, 0.717) is 0 Å². The molecule has 2 radical (unpaired) electrons. The second kappa shape index (κ2) is 2.92. The fraction of sp³-hybridized carbons (Fsp3) is 0.500. The maximum atomic E-state index is 4.42. The first-order valence-electron chi connectivity index (χ1n) is 0.940. The Hall–Kier alpha value is -0.0800. The van der Waals surface area contributed by atoms with Crippen LogP contribution in [0.2, 0.25) is 0 Å². The zero-order valence-electron chi connectivity index (χ0n) is 2.49. The van der Waals surface area contributed by atoms with Gasteiger partial charge < -0.3 is 0 Å². The second-order valence-corrected chi connectivity index (χ2v) is 0.322. The van der Waals surface area contributed by atoms with Crippen LogP contribution in [0.1, 0.15) is 0 Å². The summed E-state index contributed by atoms with van der Waals surface area (Å²) in [6.45, 7) is 0. The van der Waals surface area contributed by atoms with E-state index in [1.807, 2.05) is 0 Å². The summed E-state index contributed by atoms with van der Waals surface area (Å²) >= 11 is 0. The van der Waals surface area contributed by atoms with E-state index in [1.165, 1.54) is 0 Å². The quantitative estimate of drug-likeness (QED) is 0.422. The van der Waals surface area contributed by atoms with Crippen molar-refractivity contribution in [2.75, 3.05) is 7.05 Å². The minimum atomic E-state index is 1.58. The lowest BCUT2D eigenvalue weighted by Crippen LogP contribution is -1.98. The fourth-order valence-electron chi connectivity index (χ4n) is 0. The van der Waals surface area contributed by atoms with Crippen molar-refractivity contribution in [1.82, 2.24) is 5.48 Å². The van der Waals surface area contributed by atoms with Gasteiger partial charge in [-0.25, -0.2) is 5.48 Å². The van der Waals surface area contributed by atoms with Crippen molar-refractivity contribution in [1.29, 1.82) is 0 Å². The molecule has 0 heterocycles. The topological polar surface area (TPSA) is 21.3 Å². The number of hydroxylamine groups is 1. The molecule has 0 aliphatic carbocycles. The molecular formula is C2H5NO. The third kappa shape index (κ3) is 1.92. The smallest absolute Gasteiger partial charge is 0.141 e. The zero-order valence-corrected chi connectivity index (χ0v) is 2.49. The van der Waals surface area contributed by atoms with Gasteiger partial charge in [-0.2, -0.15) is 0 Å². The van der Waals surface area contributed by atoms with E-state index in [-0.39, 0.29) is 0 Å². The minimum Gasteiger partial charge on any atom is -0.293 e. The summed E-state index contributed by atoms with van der Waals surface area (Å²) in [6.07, 6.45) is 0. The molecule has 0 aromatic heterocycles. The zero-order chi connectivity index (χ0) is 3.41. The van der Waals surface area contributed by atoms with Gasteiger partial charge in [-0.1, -0.05) is 0 Å². The minimum absolute atomic E-state index is 1.58. The van der Waals surface area contributed by atoms with Gasteiger partial charge in [0.15, 0.2) is 0 Å². The van der Waals surface area contributed by atoms with Crippen LogP contribution in [0.25, 0.3) is 0 Å². The molecular weight excluding hydrogens is 54.0 g/mol. The number of hydrogen-bond donors (Lipinski definition) is 1. The van der Waals surface area contributed by atoms with Crippen molar-refractivity contribution in [3.63, 3.8) is 0 Å². The standard InChI is InChI=1S/C2H5NO/c1-3-4-2/h2-3H,1H3. The van der Waals surface area contributed by atoms with Crippen molar-refractivity contribution in [2.24, 2.45) is 0 Å². The highest BCUT2D eigenvalue weighted by Gasteiger charge is 1.47. The van der Waals surface area contributed by atoms with Crippen molar-refractivity contribution in [2.45, 2.75) is 0 Å². The molecule has 0 atom stereocenters. The molecule has 0 bridgehead atoms. The summed E-state index contributed by atoms with van der Waals surface area (Å²) in [5.41, 5.74) is 2.21. The number of rotatable bonds is 1. The highest BCUT2D eigenvalue weighted by atomic mass is 16.6. The monoisotopic (exact) mass is 59.0 g/mol. The summed E-state index contributed by atoms with van der Waals surface area (Å²) in [6, 6.07) is 0. The Balaban J connectivity index is 1.97. The Morgan fingerprint density at radius 3 is 2.25 bits per heavy atom. The Kier molecular flexibility index (Phi) is 2.86. The van der Waals surface area contributed by atoms with E-state index in [2.05, 4.69) is 17.4 Å². The maximum Gasteiger partial charge on any atom is 0.141 e. The Morgan fingerprint density at radius 1 is 2.00 bits per heavy atom. The van der Waals surface area contributed by atoms with E-state index >= 15 is 0 Å². The van der Waals surface area contributed by atoms with Crippen LogP contribution in [0.5, 0.6) is 0 Å². The Bertz CT molecular complexity index is 8.00. The van der Waals surface area contributed by atoms with E-state index in [0.717, 1.165) is 0 Å². The third-order valence-electron chi connectivity index (χ3n) is 0.118. The molecule has 0 aromatic carbocycles. The lowest BCUT2D eigenvalue weighted by Gasteiger charge is -1.79. The number of hydrogen-bond acceptors (Lipinski definition) is 2. The van der Waals surface area contributed by atoms with Crippen molar-refractivity contribution in [3.05, 3.63) is 7.11 Å². The second-order valence-electron chi connectivity index (χ2n) is 0.322. The summed E-state index contributed by atoms with van der Waals surface area (Å²) in [5, 5.41) is 0. The van der Waals surface area contributed by atoms with Crippen LogP contribution in [0.4, 0.5) is 0 Å². The highest BCUT2D eigenvalue weighted by molar-refractivity contribution is 3.88. The van der Waals surface area contributed by atoms with E-state index < -0.39 is 0 Å². The Morgan fingerprint density at radius 2 is 2.25 bits per heavy atom. The molecule has 0 saturated carbocycles. The fourth-order valence-corrected chi connectivity index (χ4v) is 0. The average molecular weight is 59.1 g/mol. The lowest BCUT2D eigenvalue weighted by atomic mass is 11.5. The maximum absolute atomic E-state index is 4.42. The molecule has 0 aliphatic rings. The predicted molar refractivity (Wildman–Crippen MR) is 14.4 cm³/mol. The molecule has 1 N–H and O–H groups in total. The van der Waals surface area contributed by atoms with Gasteiger partial charge in [-0.15, -0.1) is 0 Å². The summed E-state index contributed by atoms with van der Waals surface area (Å²) in [7, 11) is 6.00. The molecule has 2 nitrogen and oxygen atoms in total. The first-order valence-corrected chi connectivity index (χ1v) is 0.940. The number of nitrogens with one attached hydrogen (secondary N) is 1. The summed E-state index contributed by atoms with van der Waals surface area (Å²) in [5.74, 6) is 0. The molecule has 4 heavy (non-hydrogen) atoms. The first-order chi connectivity index (χ1) is 1.91. The Labute approximate surface area is 25.7 Å². The molecule has 24 valence electrons. The van der Waals surface area contributed by atoms with E-state index in [9.17, 15) is 0 Å². The van der Waals surface area contributed by atoms with Crippen LogP contribution >= 0.6 is 0 Å². The molecule has 0 saturated heterocycles. The van der Waals surface area contributed by atoms with Crippen molar-refractivity contribution in [3.8, 4) is 0 Å². The highest BCUT2D eigenvalue weighted by Crippen LogP contribution is 1.38. The third-order valence-corrected chi connectivity index (χ3v) is 0.118. The largest absolute Gasteiger partial charge is 0.293 e. The average Bonchev–Trinajstić information content (AvgIpc) is 1.37. The van der Waals surface area contributed by atoms with Gasteiger partial charge in [0.2, 0.25) is 0 Å². The van der Waals surface area contributed by atoms with Crippen LogP contribution in [0.3, 0.4) is 0 Å². The van der Waals surface area contributed by atoms with Crippen LogP contribution in [-0.2, 0) is 4.84 Å². The SMILES string of the molecule is [CH]ONC. The van der Waals surface area contributed by atoms with Crippen LogP contribution < -0.4 is 5.48 Å². The molecule has 0 aliphatic heterocycles. The van der Waals surface area contributed by atoms with Gasteiger partial charge in [0.05, 0.1) is 0 Å². The van der Waals surface area contributed by atoms with Crippen LogP contribution in [0, 0.1) is 7.11 Å². The van der Waals surface area contributed by atoms with Gasteiger partial charge >= 0.3 is 0 Å². The normalized spacial score (nSPS) is 7.50. The van der Waals surface area contributed by atoms with Crippen LogP contribution in [-0.4, -0.2) is 7.05 Å². The molecule has 0 spiro atoms. The molecule has 0 amide bonds.